The Kier molecular flexibility index (Phi) is 4.82. The molecule has 0 amide bonds. The minimum atomic E-state index is -4.37. The smallest absolute Gasteiger partial charge is 0.443 e. The Morgan fingerprint density at radius 2 is 2.25 bits per heavy atom. The summed E-state index contributed by atoms with van der Waals surface area (Å²) < 4.78 is 43.0. The molecule has 0 saturated heterocycles. The summed E-state index contributed by atoms with van der Waals surface area (Å²) in [5, 5.41) is 2.39. The predicted molar refractivity (Wildman–Crippen MR) is 70.6 cm³/mol. The third-order valence-corrected chi connectivity index (χ3v) is 3.98. The van der Waals surface area contributed by atoms with Gasteiger partial charge in [0, 0.05) is 23.5 Å². The maximum Gasteiger partial charge on any atom is 0.443 e. The van der Waals surface area contributed by atoms with Crippen LogP contribution in [0.2, 0.25) is 0 Å². The van der Waals surface area contributed by atoms with E-state index in [0.29, 0.717) is 35.6 Å². The van der Waals surface area contributed by atoms with Crippen molar-refractivity contribution in [2.24, 2.45) is 0 Å². The van der Waals surface area contributed by atoms with Crippen molar-refractivity contribution in [3.05, 3.63) is 40.2 Å². The van der Waals surface area contributed by atoms with Gasteiger partial charge in [-0.25, -0.2) is 4.98 Å². The van der Waals surface area contributed by atoms with Crippen LogP contribution in [-0.4, -0.2) is 11.5 Å². The molecule has 2 rings (SSSR count). The third kappa shape index (κ3) is 3.83. The van der Waals surface area contributed by atoms with Gasteiger partial charge in [0.25, 0.3) is 0 Å². The van der Waals surface area contributed by atoms with Crippen LogP contribution in [0.1, 0.15) is 35.0 Å². The molecule has 1 unspecified atom stereocenters. The average Bonchev–Trinajstić information content (AvgIpc) is 3.04. The minimum Gasteiger partial charge on any atom is -0.469 e. The fraction of sp³-hybridized carbons (Fsp3) is 0.462. The molecule has 110 valence electrons. The molecular weight excluding hydrogens is 289 g/mol. The fourth-order valence-corrected chi connectivity index (χ4v) is 2.80. The van der Waals surface area contributed by atoms with E-state index in [4.69, 9.17) is 4.42 Å². The second-order valence-corrected chi connectivity index (χ2v) is 5.36. The standard InChI is InChI=1S/C13H15F3N2OS/c1-2-17-10(6-5-9-4-3-7-19-9)11-8-18-12(20-11)13(14,15)16/h3-4,7-8,10,17H,2,5-6H2,1H3. The third-order valence-electron chi connectivity index (χ3n) is 2.82. The first-order valence-electron chi connectivity index (χ1n) is 6.29. The van der Waals surface area contributed by atoms with E-state index < -0.39 is 11.2 Å². The van der Waals surface area contributed by atoms with E-state index in [2.05, 4.69) is 10.3 Å². The SMILES string of the molecule is CCNC(CCc1ccco1)c1cnc(C(F)(F)F)s1. The van der Waals surface area contributed by atoms with E-state index in [1.807, 2.05) is 13.0 Å². The number of alkyl halides is 3. The summed E-state index contributed by atoms with van der Waals surface area (Å²) in [5.74, 6) is 0.827. The van der Waals surface area contributed by atoms with Crippen LogP contribution in [0.4, 0.5) is 13.2 Å². The summed E-state index contributed by atoms with van der Waals surface area (Å²) in [6, 6.07) is 3.52. The van der Waals surface area contributed by atoms with Crippen LogP contribution in [0.25, 0.3) is 0 Å². The van der Waals surface area contributed by atoms with Crippen LogP contribution >= 0.6 is 11.3 Å². The van der Waals surface area contributed by atoms with E-state index in [-0.39, 0.29) is 6.04 Å². The van der Waals surface area contributed by atoms with Gasteiger partial charge in [0.2, 0.25) is 0 Å². The van der Waals surface area contributed by atoms with Crippen LogP contribution in [0.5, 0.6) is 0 Å². The molecule has 0 aromatic carbocycles. The van der Waals surface area contributed by atoms with Crippen LogP contribution in [-0.2, 0) is 12.6 Å². The van der Waals surface area contributed by atoms with Crippen LogP contribution in [0.3, 0.4) is 0 Å². The van der Waals surface area contributed by atoms with Gasteiger partial charge in [-0.2, -0.15) is 13.2 Å². The Morgan fingerprint density at radius 3 is 2.80 bits per heavy atom. The number of hydrogen-bond donors (Lipinski definition) is 1. The number of halogens is 3. The molecule has 7 heteroatoms. The number of furan rings is 1. The van der Waals surface area contributed by atoms with Gasteiger partial charge in [-0.15, -0.1) is 11.3 Å². The first-order valence-corrected chi connectivity index (χ1v) is 7.11. The van der Waals surface area contributed by atoms with Crippen molar-refractivity contribution in [3.8, 4) is 0 Å². The number of aryl methyl sites for hydroxylation is 1. The molecule has 0 radical (unpaired) electrons. The Morgan fingerprint density at radius 1 is 1.45 bits per heavy atom. The molecule has 0 aliphatic heterocycles. The highest BCUT2D eigenvalue weighted by Gasteiger charge is 2.35. The molecule has 0 aliphatic rings. The van der Waals surface area contributed by atoms with E-state index in [1.54, 1.807) is 12.3 Å². The lowest BCUT2D eigenvalue weighted by molar-refractivity contribution is -0.137. The predicted octanol–water partition coefficient (Wildman–Crippen LogP) is 4.04. The molecule has 0 bridgehead atoms. The second kappa shape index (κ2) is 6.41. The quantitative estimate of drug-likeness (QED) is 0.875. The van der Waals surface area contributed by atoms with Gasteiger partial charge in [0.1, 0.15) is 5.76 Å². The molecule has 0 saturated carbocycles. The summed E-state index contributed by atoms with van der Waals surface area (Å²) in [6.45, 7) is 2.60. The summed E-state index contributed by atoms with van der Waals surface area (Å²) in [4.78, 5) is 4.07. The van der Waals surface area contributed by atoms with Crippen molar-refractivity contribution in [3.63, 3.8) is 0 Å². The van der Waals surface area contributed by atoms with Crippen LogP contribution < -0.4 is 5.32 Å². The van der Waals surface area contributed by atoms with E-state index in [0.717, 1.165) is 5.76 Å². The van der Waals surface area contributed by atoms with Gasteiger partial charge in [-0.05, 0) is 25.1 Å². The Balaban J connectivity index is 2.05. The van der Waals surface area contributed by atoms with Crippen molar-refractivity contribution < 1.29 is 17.6 Å². The number of rotatable bonds is 6. The normalized spacial score (nSPS) is 13.6. The Labute approximate surface area is 118 Å². The van der Waals surface area contributed by atoms with Crippen LogP contribution in [0, 0.1) is 0 Å². The summed E-state index contributed by atoms with van der Waals surface area (Å²) in [7, 11) is 0. The molecule has 0 fully saturated rings. The highest BCUT2D eigenvalue weighted by Crippen LogP contribution is 2.35. The highest BCUT2D eigenvalue weighted by molar-refractivity contribution is 7.11. The van der Waals surface area contributed by atoms with Gasteiger partial charge in [0.05, 0.1) is 6.26 Å². The summed E-state index contributed by atoms with van der Waals surface area (Å²) in [6.07, 6.45) is -0.138. The lowest BCUT2D eigenvalue weighted by Crippen LogP contribution is -2.20. The fourth-order valence-electron chi connectivity index (χ4n) is 1.91. The maximum atomic E-state index is 12.6. The molecule has 0 spiro atoms. The number of nitrogens with zero attached hydrogens (tertiary/aromatic N) is 1. The van der Waals surface area contributed by atoms with Crippen LogP contribution in [0.15, 0.2) is 29.0 Å². The largest absolute Gasteiger partial charge is 0.469 e. The maximum absolute atomic E-state index is 12.6. The summed E-state index contributed by atoms with van der Waals surface area (Å²) in [5.41, 5.74) is 0. The molecular formula is C13H15F3N2OS. The van der Waals surface area contributed by atoms with Gasteiger partial charge in [-0.1, -0.05) is 6.92 Å². The molecule has 20 heavy (non-hydrogen) atoms. The molecule has 1 N–H and O–H groups in total. The molecule has 3 nitrogen and oxygen atoms in total. The first kappa shape index (κ1) is 15.1. The number of thiazole rings is 1. The molecule has 1 atom stereocenters. The van der Waals surface area contributed by atoms with Gasteiger partial charge >= 0.3 is 6.18 Å². The first-order chi connectivity index (χ1) is 9.50. The van der Waals surface area contributed by atoms with Gasteiger partial charge in [-0.3, -0.25) is 0 Å². The van der Waals surface area contributed by atoms with E-state index >= 15 is 0 Å². The molecule has 2 heterocycles. The average molecular weight is 304 g/mol. The van der Waals surface area contributed by atoms with Crippen molar-refractivity contribution >= 4 is 11.3 Å². The minimum absolute atomic E-state index is 0.140. The highest BCUT2D eigenvalue weighted by atomic mass is 32.1. The van der Waals surface area contributed by atoms with E-state index in [1.165, 1.54) is 6.20 Å². The number of nitrogens with one attached hydrogen (secondary N) is 1. The molecule has 2 aromatic heterocycles. The zero-order valence-corrected chi connectivity index (χ0v) is 11.7. The summed E-state index contributed by atoms with van der Waals surface area (Å²) >= 11 is 0.696. The number of aromatic nitrogens is 1. The zero-order valence-electron chi connectivity index (χ0n) is 10.9. The zero-order chi connectivity index (χ0) is 14.6. The van der Waals surface area contributed by atoms with Gasteiger partial charge < -0.3 is 9.73 Å². The van der Waals surface area contributed by atoms with Gasteiger partial charge in [0.15, 0.2) is 5.01 Å². The number of hydrogen-bond acceptors (Lipinski definition) is 4. The van der Waals surface area contributed by atoms with E-state index in [9.17, 15) is 13.2 Å². The Hall–Kier alpha value is -1.34. The molecule has 0 aliphatic carbocycles. The van der Waals surface area contributed by atoms with Crippen molar-refractivity contribution in [2.75, 3.05) is 6.54 Å². The van der Waals surface area contributed by atoms with Crippen molar-refractivity contribution in [1.29, 1.82) is 0 Å². The van der Waals surface area contributed by atoms with Crippen molar-refractivity contribution in [2.45, 2.75) is 32.0 Å². The van der Waals surface area contributed by atoms with Crippen molar-refractivity contribution in [1.82, 2.24) is 10.3 Å². The lowest BCUT2D eigenvalue weighted by atomic mass is 10.1. The second-order valence-electron chi connectivity index (χ2n) is 4.29. The Bertz CT molecular complexity index is 522. The lowest BCUT2D eigenvalue weighted by Gasteiger charge is -2.15. The monoisotopic (exact) mass is 304 g/mol. The topological polar surface area (TPSA) is 38.1 Å². The molecule has 2 aromatic rings.